The van der Waals surface area contributed by atoms with E-state index in [-0.39, 0.29) is 11.7 Å². The van der Waals surface area contributed by atoms with E-state index in [4.69, 9.17) is 4.74 Å². The van der Waals surface area contributed by atoms with E-state index in [1.54, 1.807) is 6.07 Å². The van der Waals surface area contributed by atoms with Crippen LogP contribution in [0.15, 0.2) is 18.2 Å². The Labute approximate surface area is 122 Å². The van der Waals surface area contributed by atoms with Crippen LogP contribution < -0.4 is 10.1 Å². The van der Waals surface area contributed by atoms with Crippen LogP contribution in [0, 0.1) is 16.0 Å². The monoisotopic (exact) mass is 294 g/mol. The number of anilines is 1. The van der Waals surface area contributed by atoms with Crippen LogP contribution in [0.5, 0.6) is 5.75 Å². The Balaban J connectivity index is 2.22. The van der Waals surface area contributed by atoms with Gasteiger partial charge in [0, 0.05) is 23.9 Å². The SMILES string of the molecule is COc1cc(NC2CCCCC2C(=O)O)cc([N+](=O)[O-])c1. The van der Waals surface area contributed by atoms with E-state index < -0.39 is 16.8 Å². The van der Waals surface area contributed by atoms with Crippen molar-refractivity contribution in [2.75, 3.05) is 12.4 Å². The summed E-state index contributed by atoms with van der Waals surface area (Å²) in [4.78, 5) is 21.7. The number of nitrogens with one attached hydrogen (secondary N) is 1. The molecular weight excluding hydrogens is 276 g/mol. The molecule has 114 valence electrons. The standard InChI is InChI=1S/C14H18N2O5/c1-21-11-7-9(6-10(8-11)16(19)20)15-13-5-3-2-4-12(13)14(17)18/h6-8,12-13,15H,2-5H2,1H3,(H,17,18). The van der Waals surface area contributed by atoms with Crippen LogP contribution in [-0.4, -0.2) is 29.2 Å². The van der Waals surface area contributed by atoms with Gasteiger partial charge in [-0.15, -0.1) is 0 Å². The fourth-order valence-electron chi connectivity index (χ4n) is 2.70. The average Bonchev–Trinajstić information content (AvgIpc) is 2.47. The Morgan fingerprint density at radius 2 is 2.10 bits per heavy atom. The number of nitro groups is 1. The van der Waals surface area contributed by atoms with E-state index in [1.807, 2.05) is 0 Å². The molecule has 1 aliphatic rings. The quantitative estimate of drug-likeness (QED) is 0.639. The van der Waals surface area contributed by atoms with Crippen molar-refractivity contribution < 1.29 is 19.6 Å². The number of aliphatic carboxylic acids is 1. The summed E-state index contributed by atoms with van der Waals surface area (Å²) in [6.07, 6.45) is 3.21. The van der Waals surface area contributed by atoms with E-state index in [9.17, 15) is 20.0 Å². The number of hydrogen-bond acceptors (Lipinski definition) is 5. The summed E-state index contributed by atoms with van der Waals surface area (Å²) in [6, 6.07) is 4.15. The molecule has 2 atom stereocenters. The second kappa shape index (κ2) is 6.43. The third-order valence-corrected chi connectivity index (χ3v) is 3.77. The van der Waals surface area contributed by atoms with Gasteiger partial charge in [-0.05, 0) is 12.8 Å². The zero-order valence-electron chi connectivity index (χ0n) is 11.7. The molecule has 0 amide bonds. The van der Waals surface area contributed by atoms with Crippen LogP contribution in [0.2, 0.25) is 0 Å². The first-order chi connectivity index (χ1) is 10.0. The minimum atomic E-state index is -0.829. The molecule has 1 aliphatic carbocycles. The van der Waals surface area contributed by atoms with E-state index in [2.05, 4.69) is 5.32 Å². The zero-order chi connectivity index (χ0) is 15.4. The highest BCUT2D eigenvalue weighted by Crippen LogP contribution is 2.31. The minimum Gasteiger partial charge on any atom is -0.496 e. The van der Waals surface area contributed by atoms with Gasteiger partial charge in [-0.2, -0.15) is 0 Å². The number of nitrogens with zero attached hydrogens (tertiary/aromatic N) is 1. The first-order valence-corrected chi connectivity index (χ1v) is 6.84. The van der Waals surface area contributed by atoms with Crippen molar-refractivity contribution in [3.05, 3.63) is 28.3 Å². The van der Waals surface area contributed by atoms with Gasteiger partial charge in [0.1, 0.15) is 5.75 Å². The Hall–Kier alpha value is -2.31. The molecule has 21 heavy (non-hydrogen) atoms. The van der Waals surface area contributed by atoms with Crippen molar-refractivity contribution in [2.45, 2.75) is 31.7 Å². The zero-order valence-corrected chi connectivity index (χ0v) is 11.7. The predicted octanol–water partition coefficient (Wildman–Crippen LogP) is 2.66. The molecule has 0 radical (unpaired) electrons. The topological polar surface area (TPSA) is 102 Å². The predicted molar refractivity (Wildman–Crippen MR) is 76.7 cm³/mol. The van der Waals surface area contributed by atoms with Gasteiger partial charge < -0.3 is 15.2 Å². The molecule has 2 unspecified atom stereocenters. The maximum absolute atomic E-state index is 11.3. The van der Waals surface area contributed by atoms with E-state index in [0.29, 0.717) is 17.9 Å². The third kappa shape index (κ3) is 3.62. The molecule has 7 heteroatoms. The summed E-state index contributed by atoms with van der Waals surface area (Å²) in [5, 5.41) is 23.3. The Morgan fingerprint density at radius 3 is 2.71 bits per heavy atom. The van der Waals surface area contributed by atoms with Crippen LogP contribution in [-0.2, 0) is 4.79 Å². The van der Waals surface area contributed by atoms with Crippen LogP contribution in [0.1, 0.15) is 25.7 Å². The van der Waals surface area contributed by atoms with Gasteiger partial charge in [0.05, 0.1) is 24.0 Å². The highest BCUT2D eigenvalue weighted by Gasteiger charge is 2.31. The van der Waals surface area contributed by atoms with Crippen LogP contribution in [0.25, 0.3) is 0 Å². The maximum atomic E-state index is 11.3. The molecule has 0 heterocycles. The third-order valence-electron chi connectivity index (χ3n) is 3.77. The number of nitro benzene ring substituents is 1. The Morgan fingerprint density at radius 1 is 1.38 bits per heavy atom. The smallest absolute Gasteiger partial charge is 0.308 e. The molecule has 0 spiro atoms. The van der Waals surface area contributed by atoms with Gasteiger partial charge in [-0.25, -0.2) is 0 Å². The lowest BCUT2D eigenvalue weighted by molar-refractivity contribution is -0.384. The van der Waals surface area contributed by atoms with Crippen molar-refractivity contribution in [2.24, 2.45) is 5.92 Å². The highest BCUT2D eigenvalue weighted by molar-refractivity contribution is 5.72. The molecular formula is C14H18N2O5. The van der Waals surface area contributed by atoms with Gasteiger partial charge in [-0.1, -0.05) is 12.8 Å². The number of benzene rings is 1. The van der Waals surface area contributed by atoms with Crippen molar-refractivity contribution in [3.8, 4) is 5.75 Å². The fraction of sp³-hybridized carbons (Fsp3) is 0.500. The summed E-state index contributed by atoms with van der Waals surface area (Å²) < 4.78 is 5.05. The van der Waals surface area contributed by atoms with Crippen molar-refractivity contribution in [1.82, 2.24) is 0 Å². The second-order valence-electron chi connectivity index (χ2n) is 5.16. The largest absolute Gasteiger partial charge is 0.496 e. The number of carboxylic acid groups (broad SMARTS) is 1. The molecule has 2 N–H and O–H groups in total. The minimum absolute atomic E-state index is 0.0838. The molecule has 7 nitrogen and oxygen atoms in total. The number of carboxylic acids is 1. The van der Waals surface area contributed by atoms with Gasteiger partial charge in [0.2, 0.25) is 0 Å². The van der Waals surface area contributed by atoms with Crippen molar-refractivity contribution >= 4 is 17.3 Å². The summed E-state index contributed by atoms with van der Waals surface area (Å²) in [7, 11) is 1.43. The number of methoxy groups -OCH3 is 1. The van der Waals surface area contributed by atoms with Crippen LogP contribution in [0.3, 0.4) is 0 Å². The molecule has 0 saturated heterocycles. The summed E-state index contributed by atoms with van der Waals surface area (Å²) >= 11 is 0. The number of hydrogen-bond donors (Lipinski definition) is 2. The lowest BCUT2D eigenvalue weighted by Crippen LogP contribution is -2.37. The van der Waals surface area contributed by atoms with Gasteiger partial charge in [-0.3, -0.25) is 14.9 Å². The maximum Gasteiger partial charge on any atom is 0.308 e. The van der Waals surface area contributed by atoms with Crippen molar-refractivity contribution in [1.29, 1.82) is 0 Å². The van der Waals surface area contributed by atoms with Crippen molar-refractivity contribution in [3.63, 3.8) is 0 Å². The summed E-state index contributed by atoms with van der Waals surface area (Å²) in [6.45, 7) is 0. The molecule has 1 fully saturated rings. The average molecular weight is 294 g/mol. The molecule has 1 aromatic rings. The van der Waals surface area contributed by atoms with E-state index >= 15 is 0 Å². The van der Waals surface area contributed by atoms with Crippen LogP contribution in [0.4, 0.5) is 11.4 Å². The van der Waals surface area contributed by atoms with E-state index in [0.717, 1.165) is 19.3 Å². The Bertz CT molecular complexity index is 546. The molecule has 0 aliphatic heterocycles. The molecule has 1 aromatic carbocycles. The summed E-state index contributed by atoms with van der Waals surface area (Å²) in [5.74, 6) is -0.928. The number of rotatable bonds is 5. The highest BCUT2D eigenvalue weighted by atomic mass is 16.6. The first kappa shape index (κ1) is 15.1. The molecule has 1 saturated carbocycles. The lowest BCUT2D eigenvalue weighted by Gasteiger charge is -2.30. The van der Waals surface area contributed by atoms with E-state index in [1.165, 1.54) is 19.2 Å². The molecule has 0 aromatic heterocycles. The van der Waals surface area contributed by atoms with Gasteiger partial charge in [0.25, 0.3) is 5.69 Å². The normalized spacial score (nSPS) is 21.6. The first-order valence-electron chi connectivity index (χ1n) is 6.84. The fourth-order valence-corrected chi connectivity index (χ4v) is 2.70. The van der Waals surface area contributed by atoms with Crippen LogP contribution >= 0.6 is 0 Å². The summed E-state index contributed by atoms with van der Waals surface area (Å²) in [5.41, 5.74) is 0.429. The number of ether oxygens (including phenoxy) is 1. The second-order valence-corrected chi connectivity index (χ2v) is 5.16. The van der Waals surface area contributed by atoms with Gasteiger partial charge >= 0.3 is 5.97 Å². The number of non-ortho nitro benzene ring substituents is 1. The number of carbonyl (C=O) groups is 1. The van der Waals surface area contributed by atoms with Gasteiger partial charge in [0.15, 0.2) is 0 Å². The Kier molecular flexibility index (Phi) is 4.62. The molecule has 0 bridgehead atoms. The lowest BCUT2D eigenvalue weighted by atomic mass is 9.84. The molecule has 2 rings (SSSR count).